The molecule has 4 aromatic rings. The van der Waals surface area contributed by atoms with Gasteiger partial charge in [-0.2, -0.15) is 4.98 Å². The molecular weight excluding hydrogens is 506 g/mol. The van der Waals surface area contributed by atoms with Crippen LogP contribution in [0.15, 0.2) is 71.3 Å². The molecule has 0 radical (unpaired) electrons. The van der Waals surface area contributed by atoms with Gasteiger partial charge < -0.3 is 18.7 Å². The molecule has 0 amide bonds. The molecule has 0 unspecified atom stereocenters. The standard InChI is InChI=1S/C32H37N3O5/c1-32(2,3)39-29(36)20-35(4)17-16-22-10-9-11-23(18-22)30-33-31(40-34-30)24-14-15-26(25(19-24)21-37-5)27-12-7-8-13-28(27)38-6/h7-15,18-19H,16-17,20-21H2,1-6H3. The van der Waals surface area contributed by atoms with Crippen molar-refractivity contribution in [1.29, 1.82) is 0 Å². The summed E-state index contributed by atoms with van der Waals surface area (Å²) in [5, 5.41) is 4.25. The van der Waals surface area contributed by atoms with E-state index in [0.717, 1.165) is 45.6 Å². The molecule has 1 heterocycles. The average molecular weight is 544 g/mol. The van der Waals surface area contributed by atoms with Gasteiger partial charge in [0.1, 0.15) is 11.4 Å². The Labute approximate surface area is 235 Å². The van der Waals surface area contributed by atoms with Crippen molar-refractivity contribution in [2.24, 2.45) is 0 Å². The number of benzene rings is 3. The van der Waals surface area contributed by atoms with Crippen LogP contribution in [0, 0.1) is 0 Å². The van der Waals surface area contributed by atoms with Crippen LogP contribution in [0.1, 0.15) is 31.9 Å². The van der Waals surface area contributed by atoms with Crippen LogP contribution >= 0.6 is 0 Å². The van der Waals surface area contributed by atoms with Gasteiger partial charge in [0.2, 0.25) is 5.82 Å². The summed E-state index contributed by atoms with van der Waals surface area (Å²) in [6.07, 6.45) is 0.767. The third-order valence-corrected chi connectivity index (χ3v) is 6.26. The van der Waals surface area contributed by atoms with E-state index in [9.17, 15) is 4.79 Å². The van der Waals surface area contributed by atoms with Gasteiger partial charge in [0.15, 0.2) is 0 Å². The fourth-order valence-electron chi connectivity index (χ4n) is 4.45. The molecule has 0 fully saturated rings. The van der Waals surface area contributed by atoms with Gasteiger partial charge in [0.25, 0.3) is 5.89 Å². The molecule has 3 aromatic carbocycles. The Bertz CT molecular complexity index is 1440. The van der Waals surface area contributed by atoms with Crippen LogP contribution in [0.25, 0.3) is 34.0 Å². The van der Waals surface area contributed by atoms with Crippen molar-refractivity contribution in [3.05, 3.63) is 77.9 Å². The third-order valence-electron chi connectivity index (χ3n) is 6.26. The number of ether oxygens (including phenoxy) is 3. The molecule has 8 nitrogen and oxygen atoms in total. The first-order valence-corrected chi connectivity index (χ1v) is 13.3. The fraction of sp³-hybridized carbons (Fsp3) is 0.344. The van der Waals surface area contributed by atoms with Crippen LogP contribution in [0.2, 0.25) is 0 Å². The van der Waals surface area contributed by atoms with Crippen molar-refractivity contribution in [3.63, 3.8) is 0 Å². The minimum absolute atomic E-state index is 0.229. The lowest BCUT2D eigenvalue weighted by Crippen LogP contribution is -2.33. The third kappa shape index (κ3) is 7.55. The molecule has 0 saturated carbocycles. The van der Waals surface area contributed by atoms with Crippen LogP contribution in [0.4, 0.5) is 0 Å². The summed E-state index contributed by atoms with van der Waals surface area (Å²) in [5.74, 6) is 1.51. The van der Waals surface area contributed by atoms with Gasteiger partial charge in [-0.15, -0.1) is 0 Å². The fourth-order valence-corrected chi connectivity index (χ4v) is 4.45. The maximum absolute atomic E-state index is 12.1. The van der Waals surface area contributed by atoms with Gasteiger partial charge in [-0.25, -0.2) is 0 Å². The molecule has 0 aliphatic carbocycles. The van der Waals surface area contributed by atoms with Gasteiger partial charge in [-0.1, -0.05) is 47.6 Å². The minimum Gasteiger partial charge on any atom is -0.496 e. The van der Waals surface area contributed by atoms with Crippen molar-refractivity contribution >= 4 is 5.97 Å². The number of nitrogens with zero attached hydrogens (tertiary/aromatic N) is 3. The molecule has 0 aliphatic rings. The van der Waals surface area contributed by atoms with E-state index in [0.29, 0.717) is 24.9 Å². The molecule has 0 saturated heterocycles. The predicted molar refractivity (Wildman–Crippen MR) is 155 cm³/mol. The van der Waals surface area contributed by atoms with Gasteiger partial charge in [0, 0.05) is 30.3 Å². The normalized spacial score (nSPS) is 11.6. The van der Waals surface area contributed by atoms with Crippen LogP contribution in [0.3, 0.4) is 0 Å². The Morgan fingerprint density at radius 3 is 2.50 bits per heavy atom. The molecule has 0 bridgehead atoms. The molecule has 210 valence electrons. The largest absolute Gasteiger partial charge is 0.496 e. The number of para-hydroxylation sites is 1. The van der Waals surface area contributed by atoms with Gasteiger partial charge in [-0.3, -0.25) is 9.69 Å². The number of hydrogen-bond donors (Lipinski definition) is 0. The number of carbonyl (C=O) groups is 1. The zero-order valence-electron chi connectivity index (χ0n) is 24.1. The highest BCUT2D eigenvalue weighted by Crippen LogP contribution is 2.35. The number of methoxy groups -OCH3 is 2. The Kier molecular flexibility index (Phi) is 9.34. The maximum atomic E-state index is 12.1. The van der Waals surface area contributed by atoms with Gasteiger partial charge in [0.05, 0.1) is 20.3 Å². The summed E-state index contributed by atoms with van der Waals surface area (Å²) in [6, 6.07) is 22.0. The molecule has 0 spiro atoms. The highest BCUT2D eigenvalue weighted by atomic mass is 16.6. The van der Waals surface area contributed by atoms with E-state index >= 15 is 0 Å². The SMILES string of the molecule is COCc1cc(-c2nc(-c3cccc(CCN(C)CC(=O)OC(C)(C)C)c3)no2)ccc1-c1ccccc1OC. The number of rotatable bonds is 11. The lowest BCUT2D eigenvalue weighted by atomic mass is 9.97. The molecule has 40 heavy (non-hydrogen) atoms. The van der Waals surface area contributed by atoms with E-state index in [1.807, 2.05) is 87.3 Å². The first-order valence-electron chi connectivity index (χ1n) is 13.3. The molecule has 0 aliphatic heterocycles. The van der Waals surface area contributed by atoms with E-state index in [1.165, 1.54) is 0 Å². The van der Waals surface area contributed by atoms with Crippen LogP contribution < -0.4 is 4.74 Å². The van der Waals surface area contributed by atoms with E-state index in [2.05, 4.69) is 22.3 Å². The molecule has 0 atom stereocenters. The molecule has 1 aromatic heterocycles. The summed E-state index contributed by atoms with van der Waals surface area (Å²) in [5.41, 5.74) is 5.30. The summed E-state index contributed by atoms with van der Waals surface area (Å²) in [4.78, 5) is 18.8. The van der Waals surface area contributed by atoms with E-state index in [1.54, 1.807) is 14.2 Å². The van der Waals surface area contributed by atoms with Crippen LogP contribution in [-0.4, -0.2) is 61.0 Å². The quantitative estimate of drug-likeness (QED) is 0.212. The molecule has 0 N–H and O–H groups in total. The maximum Gasteiger partial charge on any atom is 0.320 e. The number of hydrogen-bond acceptors (Lipinski definition) is 8. The minimum atomic E-state index is -0.488. The summed E-state index contributed by atoms with van der Waals surface area (Å²) in [6.45, 7) is 6.99. The van der Waals surface area contributed by atoms with E-state index in [-0.39, 0.29) is 12.5 Å². The average Bonchev–Trinajstić information content (AvgIpc) is 3.42. The number of likely N-dealkylation sites (N-methyl/N-ethyl adjacent to an activating group) is 1. The molecule has 8 heteroatoms. The van der Waals surface area contributed by atoms with Crippen molar-refractivity contribution in [3.8, 4) is 39.7 Å². The molecular formula is C32H37N3O5. The Balaban J connectivity index is 1.48. The van der Waals surface area contributed by atoms with Crippen LogP contribution in [0.5, 0.6) is 5.75 Å². The lowest BCUT2D eigenvalue weighted by Gasteiger charge is -2.22. The Morgan fingerprint density at radius 2 is 1.75 bits per heavy atom. The predicted octanol–water partition coefficient (Wildman–Crippen LogP) is 6.04. The Morgan fingerprint density at radius 1 is 0.950 bits per heavy atom. The van der Waals surface area contributed by atoms with Gasteiger partial charge >= 0.3 is 5.97 Å². The monoisotopic (exact) mass is 543 g/mol. The van der Waals surface area contributed by atoms with E-state index in [4.69, 9.17) is 18.7 Å². The lowest BCUT2D eigenvalue weighted by molar-refractivity contribution is -0.155. The summed E-state index contributed by atoms with van der Waals surface area (Å²) in [7, 11) is 5.25. The second-order valence-electron chi connectivity index (χ2n) is 10.7. The molecule has 4 rings (SSSR count). The number of aromatic nitrogens is 2. The Hall–Kier alpha value is -4.01. The number of carbonyl (C=O) groups excluding carboxylic acids is 1. The second-order valence-corrected chi connectivity index (χ2v) is 10.7. The van der Waals surface area contributed by atoms with E-state index < -0.39 is 5.60 Å². The van der Waals surface area contributed by atoms with Crippen molar-refractivity contribution in [2.75, 3.05) is 34.4 Å². The number of esters is 1. The highest BCUT2D eigenvalue weighted by molar-refractivity contribution is 5.76. The first kappa shape index (κ1) is 29.0. The van der Waals surface area contributed by atoms with Crippen molar-refractivity contribution < 1.29 is 23.5 Å². The topological polar surface area (TPSA) is 86.9 Å². The smallest absolute Gasteiger partial charge is 0.320 e. The zero-order chi connectivity index (χ0) is 28.7. The zero-order valence-corrected chi connectivity index (χ0v) is 24.1. The highest BCUT2D eigenvalue weighted by Gasteiger charge is 2.18. The van der Waals surface area contributed by atoms with Crippen molar-refractivity contribution in [1.82, 2.24) is 15.0 Å². The van der Waals surface area contributed by atoms with Gasteiger partial charge in [-0.05, 0) is 75.2 Å². The van der Waals surface area contributed by atoms with Crippen LogP contribution in [-0.2, 0) is 27.3 Å². The second kappa shape index (κ2) is 12.9. The van der Waals surface area contributed by atoms with Crippen molar-refractivity contribution in [2.45, 2.75) is 39.4 Å². The summed E-state index contributed by atoms with van der Waals surface area (Å²) < 4.78 is 22.1. The first-order chi connectivity index (χ1) is 19.2. The summed E-state index contributed by atoms with van der Waals surface area (Å²) >= 11 is 0.